The second-order valence-electron chi connectivity index (χ2n) is 4.63. The van der Waals surface area contributed by atoms with Gasteiger partial charge in [0.1, 0.15) is 5.82 Å². The number of carbonyl (C=O) groups excluding carboxylic acids is 1. The van der Waals surface area contributed by atoms with Crippen LogP contribution in [0.1, 0.15) is 34.6 Å². The summed E-state index contributed by atoms with van der Waals surface area (Å²) in [6, 6.07) is 4.02. The van der Waals surface area contributed by atoms with Crippen molar-refractivity contribution in [2.75, 3.05) is 0 Å². The van der Waals surface area contributed by atoms with E-state index in [0.29, 0.717) is 5.56 Å². The average molecular weight is 340 g/mol. The Bertz CT molecular complexity index is 654. The Morgan fingerprint density at radius 3 is 2.75 bits per heavy atom. The second kappa shape index (κ2) is 5.75. The van der Waals surface area contributed by atoms with E-state index in [9.17, 15) is 9.18 Å². The van der Waals surface area contributed by atoms with Crippen molar-refractivity contribution >= 4 is 21.8 Å². The van der Waals surface area contributed by atoms with Crippen LogP contribution in [0.15, 0.2) is 28.9 Å². The first-order valence-electron chi connectivity index (χ1n) is 6.14. The zero-order valence-electron chi connectivity index (χ0n) is 11.4. The van der Waals surface area contributed by atoms with E-state index in [0.717, 1.165) is 11.3 Å². The van der Waals surface area contributed by atoms with Gasteiger partial charge in [-0.25, -0.2) is 4.39 Å². The summed E-state index contributed by atoms with van der Waals surface area (Å²) in [4.78, 5) is 12.1. The Balaban J connectivity index is 2.15. The zero-order chi connectivity index (χ0) is 14.9. The lowest BCUT2D eigenvalue weighted by Gasteiger charge is -2.14. The summed E-state index contributed by atoms with van der Waals surface area (Å²) < 4.78 is 15.2. The summed E-state index contributed by atoms with van der Waals surface area (Å²) in [5, 5.41) is 7.03. The van der Waals surface area contributed by atoms with Crippen molar-refractivity contribution in [2.45, 2.75) is 19.9 Å². The number of carbonyl (C=O) groups is 1. The van der Waals surface area contributed by atoms with Crippen LogP contribution in [0.2, 0.25) is 0 Å². The van der Waals surface area contributed by atoms with Gasteiger partial charge in [-0.2, -0.15) is 5.10 Å². The third-order valence-electron chi connectivity index (χ3n) is 3.27. The molecule has 0 fully saturated rings. The minimum absolute atomic E-state index is 0.167. The third-order valence-corrected chi connectivity index (χ3v) is 3.88. The third kappa shape index (κ3) is 2.90. The molecule has 0 aliphatic rings. The van der Waals surface area contributed by atoms with E-state index in [1.165, 1.54) is 18.2 Å². The Morgan fingerprint density at radius 1 is 1.50 bits per heavy atom. The van der Waals surface area contributed by atoms with Crippen LogP contribution in [0.25, 0.3) is 0 Å². The van der Waals surface area contributed by atoms with Gasteiger partial charge in [0.25, 0.3) is 5.91 Å². The lowest BCUT2D eigenvalue weighted by molar-refractivity contribution is 0.0939. The first-order valence-corrected chi connectivity index (χ1v) is 6.94. The average Bonchev–Trinajstić information content (AvgIpc) is 2.73. The van der Waals surface area contributed by atoms with E-state index >= 15 is 0 Å². The number of amides is 1. The van der Waals surface area contributed by atoms with Crippen LogP contribution in [0, 0.1) is 12.7 Å². The number of aryl methyl sites for hydroxylation is 1. The first-order chi connectivity index (χ1) is 9.40. The van der Waals surface area contributed by atoms with Gasteiger partial charge in [-0.3, -0.25) is 9.48 Å². The van der Waals surface area contributed by atoms with Gasteiger partial charge in [-0.05, 0) is 48.0 Å². The molecular weight excluding hydrogens is 325 g/mol. The SMILES string of the molecule is Cc1c(C(C)NC(=O)c2ccc(F)c(Br)c2)cnn1C. The van der Waals surface area contributed by atoms with Crippen LogP contribution < -0.4 is 5.32 Å². The molecule has 0 saturated carbocycles. The highest BCUT2D eigenvalue weighted by atomic mass is 79.9. The van der Waals surface area contributed by atoms with E-state index in [1.54, 1.807) is 10.9 Å². The molecule has 1 aromatic carbocycles. The molecule has 1 amide bonds. The number of rotatable bonds is 3. The predicted molar refractivity (Wildman–Crippen MR) is 77.9 cm³/mol. The Labute approximate surface area is 125 Å². The summed E-state index contributed by atoms with van der Waals surface area (Å²) in [5.41, 5.74) is 2.37. The van der Waals surface area contributed by atoms with Gasteiger partial charge in [-0.15, -0.1) is 0 Å². The molecule has 4 nitrogen and oxygen atoms in total. The van der Waals surface area contributed by atoms with Crippen LogP contribution in [0.5, 0.6) is 0 Å². The van der Waals surface area contributed by atoms with Gasteiger partial charge in [0.15, 0.2) is 0 Å². The van der Waals surface area contributed by atoms with E-state index in [1.807, 2.05) is 20.9 Å². The fourth-order valence-corrected chi connectivity index (χ4v) is 2.31. The standard InChI is InChI=1S/C14H15BrFN3O/c1-8(11-7-17-19(3)9(11)2)18-14(20)10-4-5-13(16)12(15)6-10/h4-8H,1-3H3,(H,18,20). The molecule has 2 aromatic rings. The molecule has 0 bridgehead atoms. The summed E-state index contributed by atoms with van der Waals surface area (Å²) in [6.45, 7) is 3.83. The molecule has 1 heterocycles. The Hall–Kier alpha value is -1.69. The highest BCUT2D eigenvalue weighted by molar-refractivity contribution is 9.10. The smallest absolute Gasteiger partial charge is 0.251 e. The van der Waals surface area contributed by atoms with Crippen LogP contribution in [0.4, 0.5) is 4.39 Å². The van der Waals surface area contributed by atoms with Crippen molar-refractivity contribution in [1.29, 1.82) is 0 Å². The lowest BCUT2D eigenvalue weighted by atomic mass is 10.1. The second-order valence-corrected chi connectivity index (χ2v) is 5.49. The van der Waals surface area contributed by atoms with Gasteiger partial charge in [0, 0.05) is 23.9 Å². The molecule has 0 spiro atoms. The number of nitrogens with one attached hydrogen (secondary N) is 1. The van der Waals surface area contributed by atoms with Gasteiger partial charge >= 0.3 is 0 Å². The summed E-state index contributed by atoms with van der Waals surface area (Å²) >= 11 is 3.07. The summed E-state index contributed by atoms with van der Waals surface area (Å²) in [6.07, 6.45) is 1.74. The number of hydrogen-bond acceptors (Lipinski definition) is 2. The van der Waals surface area contributed by atoms with Crippen molar-refractivity contribution in [3.8, 4) is 0 Å². The minimum atomic E-state index is -0.391. The van der Waals surface area contributed by atoms with E-state index < -0.39 is 5.82 Å². The topological polar surface area (TPSA) is 46.9 Å². The highest BCUT2D eigenvalue weighted by Gasteiger charge is 2.16. The van der Waals surface area contributed by atoms with Crippen molar-refractivity contribution in [3.05, 3.63) is 51.5 Å². The van der Waals surface area contributed by atoms with E-state index in [-0.39, 0.29) is 16.4 Å². The molecule has 1 aromatic heterocycles. The van der Waals surface area contributed by atoms with E-state index in [4.69, 9.17) is 0 Å². The molecule has 2 rings (SSSR count). The molecular formula is C14H15BrFN3O. The molecule has 6 heteroatoms. The summed E-state index contributed by atoms with van der Waals surface area (Å²) in [7, 11) is 1.85. The maximum atomic E-state index is 13.2. The van der Waals surface area contributed by atoms with Gasteiger partial charge < -0.3 is 5.32 Å². The quantitative estimate of drug-likeness (QED) is 0.933. The molecule has 106 valence electrons. The normalized spacial score (nSPS) is 12.2. The molecule has 1 atom stereocenters. The van der Waals surface area contributed by atoms with Crippen LogP contribution >= 0.6 is 15.9 Å². The number of aromatic nitrogens is 2. The maximum Gasteiger partial charge on any atom is 0.251 e. The van der Waals surface area contributed by atoms with E-state index in [2.05, 4.69) is 26.3 Å². The van der Waals surface area contributed by atoms with Crippen molar-refractivity contribution in [3.63, 3.8) is 0 Å². The van der Waals surface area contributed by atoms with Crippen LogP contribution in [-0.2, 0) is 7.05 Å². The molecule has 0 aliphatic carbocycles. The molecule has 0 saturated heterocycles. The first kappa shape index (κ1) is 14.7. The number of nitrogens with zero attached hydrogens (tertiary/aromatic N) is 2. The van der Waals surface area contributed by atoms with Gasteiger partial charge in [0.05, 0.1) is 16.7 Å². The maximum absolute atomic E-state index is 13.2. The van der Waals surface area contributed by atoms with Crippen LogP contribution in [-0.4, -0.2) is 15.7 Å². The lowest BCUT2D eigenvalue weighted by Crippen LogP contribution is -2.27. The van der Waals surface area contributed by atoms with Crippen LogP contribution in [0.3, 0.4) is 0 Å². The van der Waals surface area contributed by atoms with Crippen molar-refractivity contribution in [2.24, 2.45) is 7.05 Å². The minimum Gasteiger partial charge on any atom is -0.345 e. The number of hydrogen-bond donors (Lipinski definition) is 1. The molecule has 1 unspecified atom stereocenters. The number of benzene rings is 1. The fraction of sp³-hybridized carbons (Fsp3) is 0.286. The molecule has 0 aliphatic heterocycles. The number of halogens is 2. The zero-order valence-corrected chi connectivity index (χ0v) is 13.0. The molecule has 1 N–H and O–H groups in total. The monoisotopic (exact) mass is 339 g/mol. The van der Waals surface area contributed by atoms with Crippen molar-refractivity contribution < 1.29 is 9.18 Å². The van der Waals surface area contributed by atoms with Gasteiger partial charge in [0.2, 0.25) is 0 Å². The highest BCUT2D eigenvalue weighted by Crippen LogP contribution is 2.19. The molecule has 20 heavy (non-hydrogen) atoms. The summed E-state index contributed by atoms with van der Waals surface area (Å²) in [5.74, 6) is -0.640. The largest absolute Gasteiger partial charge is 0.345 e. The van der Waals surface area contributed by atoms with Crippen molar-refractivity contribution in [1.82, 2.24) is 15.1 Å². The Kier molecular flexibility index (Phi) is 4.23. The fourth-order valence-electron chi connectivity index (χ4n) is 1.94. The molecule has 0 radical (unpaired) electrons. The Morgan fingerprint density at radius 2 is 2.20 bits per heavy atom. The predicted octanol–water partition coefficient (Wildman–Crippen LogP) is 3.12. The van der Waals surface area contributed by atoms with Gasteiger partial charge in [-0.1, -0.05) is 0 Å².